The van der Waals surface area contributed by atoms with Crippen molar-refractivity contribution < 1.29 is 9.72 Å². The normalized spacial score (nSPS) is 21.7. The van der Waals surface area contributed by atoms with Crippen molar-refractivity contribution in [2.45, 2.75) is 32.2 Å². The molecule has 2 unspecified atom stereocenters. The standard InChI is InChI=1S/C14H17ClN2O3/c1-9-4-2-6-11(13(9)17(19)20)14(18)16-12-7-3-5-10(12)8-15/h2,4,6,10,12H,3,5,7-8H2,1H3,(H,16,18). The van der Waals surface area contributed by atoms with Crippen molar-refractivity contribution in [1.82, 2.24) is 5.32 Å². The van der Waals surface area contributed by atoms with Gasteiger partial charge in [0.2, 0.25) is 0 Å². The zero-order valence-electron chi connectivity index (χ0n) is 11.3. The molecule has 0 saturated heterocycles. The molecule has 1 N–H and O–H groups in total. The number of para-hydroxylation sites is 1. The number of nitro benzene ring substituents is 1. The Kier molecular flexibility index (Phi) is 4.60. The number of rotatable bonds is 4. The lowest BCUT2D eigenvalue weighted by Gasteiger charge is -2.19. The van der Waals surface area contributed by atoms with Crippen molar-refractivity contribution in [2.75, 3.05) is 5.88 Å². The highest BCUT2D eigenvalue weighted by molar-refractivity contribution is 6.18. The van der Waals surface area contributed by atoms with Crippen molar-refractivity contribution in [2.24, 2.45) is 5.92 Å². The van der Waals surface area contributed by atoms with Gasteiger partial charge in [-0.15, -0.1) is 11.6 Å². The molecular formula is C14H17ClN2O3. The van der Waals surface area contributed by atoms with Crippen molar-refractivity contribution >= 4 is 23.2 Å². The Morgan fingerprint density at radius 1 is 1.50 bits per heavy atom. The first-order valence-corrected chi connectivity index (χ1v) is 7.19. The minimum Gasteiger partial charge on any atom is -0.349 e. The van der Waals surface area contributed by atoms with E-state index in [0.717, 1.165) is 19.3 Å². The van der Waals surface area contributed by atoms with Crippen LogP contribution in [0.3, 0.4) is 0 Å². The Morgan fingerprint density at radius 3 is 2.90 bits per heavy atom. The summed E-state index contributed by atoms with van der Waals surface area (Å²) in [5.41, 5.74) is 0.489. The van der Waals surface area contributed by atoms with Gasteiger partial charge in [-0.1, -0.05) is 18.6 Å². The minimum absolute atomic E-state index is 0.0140. The van der Waals surface area contributed by atoms with Crippen LogP contribution in [0.25, 0.3) is 0 Å². The highest BCUT2D eigenvalue weighted by Gasteiger charge is 2.30. The fraction of sp³-hybridized carbons (Fsp3) is 0.500. The van der Waals surface area contributed by atoms with Gasteiger partial charge in [-0.2, -0.15) is 0 Å². The zero-order chi connectivity index (χ0) is 14.7. The highest BCUT2D eigenvalue weighted by atomic mass is 35.5. The van der Waals surface area contributed by atoms with Gasteiger partial charge in [0.25, 0.3) is 11.6 Å². The van der Waals surface area contributed by atoms with Gasteiger partial charge in [0.1, 0.15) is 5.56 Å². The number of carbonyl (C=O) groups excluding carboxylic acids is 1. The molecule has 0 heterocycles. The lowest BCUT2D eigenvalue weighted by molar-refractivity contribution is -0.385. The van der Waals surface area contributed by atoms with Gasteiger partial charge in [0, 0.05) is 17.5 Å². The number of benzene rings is 1. The molecule has 1 saturated carbocycles. The van der Waals surface area contributed by atoms with Gasteiger partial charge in [-0.05, 0) is 31.7 Å². The smallest absolute Gasteiger partial charge is 0.285 e. The number of aryl methyl sites for hydroxylation is 1. The minimum atomic E-state index is -0.502. The molecule has 0 aliphatic heterocycles. The van der Waals surface area contributed by atoms with Gasteiger partial charge in [-0.25, -0.2) is 0 Å². The predicted octanol–water partition coefficient (Wildman–Crippen LogP) is 3.04. The number of nitro groups is 1. The van der Waals surface area contributed by atoms with Crippen LogP contribution in [-0.2, 0) is 0 Å². The molecule has 1 aliphatic rings. The SMILES string of the molecule is Cc1cccc(C(=O)NC2CCCC2CCl)c1[N+](=O)[O-]. The Labute approximate surface area is 122 Å². The summed E-state index contributed by atoms with van der Waals surface area (Å²) >= 11 is 5.88. The summed E-state index contributed by atoms with van der Waals surface area (Å²) in [6, 6.07) is 4.79. The number of hydrogen-bond acceptors (Lipinski definition) is 3. The van der Waals surface area contributed by atoms with Gasteiger partial charge in [0.15, 0.2) is 0 Å². The van der Waals surface area contributed by atoms with E-state index < -0.39 is 4.92 Å². The van der Waals surface area contributed by atoms with E-state index in [2.05, 4.69) is 5.32 Å². The first-order chi connectivity index (χ1) is 9.54. The quantitative estimate of drug-likeness (QED) is 0.527. The van der Waals surface area contributed by atoms with E-state index in [1.165, 1.54) is 6.07 Å². The summed E-state index contributed by atoms with van der Waals surface area (Å²) in [4.78, 5) is 22.9. The largest absolute Gasteiger partial charge is 0.349 e. The number of hydrogen-bond donors (Lipinski definition) is 1. The summed E-state index contributed by atoms with van der Waals surface area (Å²) in [6.07, 6.45) is 2.89. The van der Waals surface area contributed by atoms with E-state index in [1.54, 1.807) is 19.1 Å². The van der Waals surface area contributed by atoms with Crippen LogP contribution in [0.4, 0.5) is 5.69 Å². The van der Waals surface area contributed by atoms with Crippen LogP contribution in [0.1, 0.15) is 35.2 Å². The van der Waals surface area contributed by atoms with Gasteiger partial charge in [-0.3, -0.25) is 14.9 Å². The lowest BCUT2D eigenvalue weighted by atomic mass is 10.0. The maximum absolute atomic E-state index is 12.3. The first-order valence-electron chi connectivity index (χ1n) is 6.65. The molecule has 1 fully saturated rings. The molecule has 20 heavy (non-hydrogen) atoms. The monoisotopic (exact) mass is 296 g/mol. The van der Waals surface area contributed by atoms with Crippen molar-refractivity contribution in [3.8, 4) is 0 Å². The molecule has 1 aromatic rings. The predicted molar refractivity (Wildman–Crippen MR) is 77.1 cm³/mol. The maximum Gasteiger partial charge on any atom is 0.285 e. The van der Waals surface area contributed by atoms with Crippen LogP contribution in [0.5, 0.6) is 0 Å². The fourth-order valence-corrected chi connectivity index (χ4v) is 3.11. The molecule has 1 aliphatic carbocycles. The third-order valence-electron chi connectivity index (χ3n) is 3.84. The number of carbonyl (C=O) groups is 1. The third-order valence-corrected chi connectivity index (χ3v) is 4.24. The molecule has 0 bridgehead atoms. The molecular weight excluding hydrogens is 280 g/mol. The van der Waals surface area contributed by atoms with Crippen LogP contribution in [0.2, 0.25) is 0 Å². The molecule has 108 valence electrons. The molecule has 1 aromatic carbocycles. The van der Waals surface area contributed by atoms with E-state index in [-0.39, 0.29) is 29.1 Å². The number of halogens is 1. The molecule has 6 heteroatoms. The van der Waals surface area contributed by atoms with E-state index in [9.17, 15) is 14.9 Å². The van der Waals surface area contributed by atoms with E-state index in [0.29, 0.717) is 11.4 Å². The molecule has 2 atom stereocenters. The Bertz CT molecular complexity index is 533. The van der Waals surface area contributed by atoms with Crippen LogP contribution in [0, 0.1) is 23.0 Å². The molecule has 0 spiro atoms. The molecule has 0 radical (unpaired) electrons. The molecule has 0 aromatic heterocycles. The summed E-state index contributed by atoms with van der Waals surface area (Å²) in [6.45, 7) is 1.63. The Hall–Kier alpha value is -1.62. The number of nitrogens with one attached hydrogen (secondary N) is 1. The molecule has 5 nitrogen and oxygen atoms in total. The third kappa shape index (κ3) is 2.93. The summed E-state index contributed by atoms with van der Waals surface area (Å²) < 4.78 is 0. The molecule has 2 rings (SSSR count). The number of amides is 1. The Balaban J connectivity index is 2.21. The Morgan fingerprint density at radius 2 is 2.25 bits per heavy atom. The van der Waals surface area contributed by atoms with Crippen molar-refractivity contribution in [1.29, 1.82) is 0 Å². The second-order valence-electron chi connectivity index (χ2n) is 5.15. The number of nitrogens with zero attached hydrogens (tertiary/aromatic N) is 1. The zero-order valence-corrected chi connectivity index (χ0v) is 12.0. The van der Waals surface area contributed by atoms with Crippen LogP contribution in [-0.4, -0.2) is 22.8 Å². The highest BCUT2D eigenvalue weighted by Crippen LogP contribution is 2.28. The average molecular weight is 297 g/mol. The molecule has 1 amide bonds. The van der Waals surface area contributed by atoms with Crippen molar-refractivity contribution in [3.63, 3.8) is 0 Å². The summed E-state index contributed by atoms with van der Waals surface area (Å²) in [5, 5.41) is 14.0. The maximum atomic E-state index is 12.3. The fourth-order valence-electron chi connectivity index (χ4n) is 2.74. The van der Waals surface area contributed by atoms with Gasteiger partial charge < -0.3 is 5.32 Å². The van der Waals surface area contributed by atoms with Gasteiger partial charge in [0.05, 0.1) is 4.92 Å². The van der Waals surface area contributed by atoms with Crippen LogP contribution in [0.15, 0.2) is 18.2 Å². The first kappa shape index (κ1) is 14.8. The van der Waals surface area contributed by atoms with Crippen LogP contribution < -0.4 is 5.32 Å². The van der Waals surface area contributed by atoms with Crippen molar-refractivity contribution in [3.05, 3.63) is 39.4 Å². The van der Waals surface area contributed by atoms with E-state index in [4.69, 9.17) is 11.6 Å². The lowest BCUT2D eigenvalue weighted by Crippen LogP contribution is -2.38. The van der Waals surface area contributed by atoms with Gasteiger partial charge >= 0.3 is 0 Å². The second-order valence-corrected chi connectivity index (χ2v) is 5.46. The van der Waals surface area contributed by atoms with E-state index in [1.807, 2.05) is 0 Å². The summed E-state index contributed by atoms with van der Waals surface area (Å²) in [5.74, 6) is 0.368. The topological polar surface area (TPSA) is 72.2 Å². The number of alkyl halides is 1. The van der Waals surface area contributed by atoms with E-state index >= 15 is 0 Å². The second kappa shape index (κ2) is 6.22. The summed E-state index contributed by atoms with van der Waals surface area (Å²) in [7, 11) is 0. The van der Waals surface area contributed by atoms with Crippen LogP contribution >= 0.6 is 11.6 Å². The average Bonchev–Trinajstić information content (AvgIpc) is 2.85.